The Morgan fingerprint density at radius 3 is 0.710 bits per heavy atom. The summed E-state index contributed by atoms with van der Waals surface area (Å²) >= 11 is 7.14. The molecule has 6 heteroatoms. The fraction of sp³-hybridized carbons (Fsp3) is 0.532. The van der Waals surface area contributed by atoms with Gasteiger partial charge in [0.1, 0.15) is 0 Å². The van der Waals surface area contributed by atoms with E-state index in [2.05, 4.69) is 149 Å². The molecule has 0 unspecified atom stereocenters. The predicted molar refractivity (Wildman–Crippen MR) is 441 cm³/mol. The number of aryl methyl sites for hydroxylation is 4. The Hall–Kier alpha value is -5.24. The van der Waals surface area contributed by atoms with Crippen LogP contribution in [0.15, 0.2) is 121 Å². The molecule has 2 aliphatic rings. The van der Waals surface area contributed by atoms with Crippen LogP contribution in [0.2, 0.25) is 0 Å². The van der Waals surface area contributed by atoms with Crippen molar-refractivity contribution >= 4 is 76.7 Å². The maximum atomic E-state index is 13.0. The summed E-state index contributed by atoms with van der Waals surface area (Å²) in [5.74, 6) is 0. The van der Waals surface area contributed by atoms with Gasteiger partial charge in [0.2, 0.25) is 0 Å². The van der Waals surface area contributed by atoms with Crippen LogP contribution in [0.3, 0.4) is 0 Å². The minimum atomic E-state index is -0.665. The van der Waals surface area contributed by atoms with Gasteiger partial charge >= 0.3 is 0 Å². The molecule has 0 saturated carbocycles. The smallest absolute Gasteiger partial charge is 0.160 e. The number of hydrogen-bond donors (Lipinski definition) is 0. The van der Waals surface area contributed by atoms with Crippen LogP contribution in [-0.4, -0.2) is 12.6 Å². The molecular formula is C94H122O2S4. The van der Waals surface area contributed by atoms with Gasteiger partial charge in [0, 0.05) is 20.5 Å². The summed E-state index contributed by atoms with van der Waals surface area (Å²) in [5, 5.41) is 2.43. The molecule has 0 bridgehead atoms. The molecule has 0 fully saturated rings. The summed E-state index contributed by atoms with van der Waals surface area (Å²) in [7, 11) is 0. The molecule has 0 radical (unpaired) electrons. The molecule has 0 saturated heterocycles. The van der Waals surface area contributed by atoms with Crippen LogP contribution in [0, 0.1) is 0 Å². The quantitative estimate of drug-likeness (QED) is 0.0281. The van der Waals surface area contributed by atoms with Crippen molar-refractivity contribution in [3.8, 4) is 20.9 Å². The van der Waals surface area contributed by atoms with Gasteiger partial charge in [-0.3, -0.25) is 9.59 Å². The Labute approximate surface area is 621 Å². The highest BCUT2D eigenvalue weighted by molar-refractivity contribution is 7.41. The van der Waals surface area contributed by atoms with Gasteiger partial charge in [-0.25, -0.2) is 0 Å². The van der Waals surface area contributed by atoms with E-state index in [1.807, 2.05) is 22.7 Å². The highest BCUT2D eigenvalue weighted by Gasteiger charge is 2.54. The first-order chi connectivity index (χ1) is 49.4. The average molecular weight is 1410 g/mol. The number of unbranched alkanes of at least 4 members (excludes halogenated alkanes) is 36. The third-order valence-corrected chi connectivity index (χ3v) is 27.9. The van der Waals surface area contributed by atoms with Gasteiger partial charge in [-0.05, 0) is 154 Å². The normalized spacial score (nSPS) is 13.4. The summed E-state index contributed by atoms with van der Waals surface area (Å²) < 4.78 is 2.45. The molecule has 4 heterocycles. The third kappa shape index (κ3) is 18.3. The van der Waals surface area contributed by atoms with Crippen LogP contribution in [-0.2, 0) is 36.5 Å². The second-order valence-electron chi connectivity index (χ2n) is 30.5. The fourth-order valence-corrected chi connectivity index (χ4v) is 22.4. The topological polar surface area (TPSA) is 34.1 Å². The van der Waals surface area contributed by atoms with Gasteiger partial charge in [-0.2, -0.15) is 0 Å². The Balaban J connectivity index is 0.995. The Bertz CT molecular complexity index is 3510. The van der Waals surface area contributed by atoms with Gasteiger partial charge in [-0.1, -0.05) is 356 Å². The second kappa shape index (κ2) is 39.6. The van der Waals surface area contributed by atoms with Gasteiger partial charge in [-0.15, -0.1) is 45.3 Å². The number of fused-ring (bicyclic) bond motifs is 10. The minimum Gasteiger partial charge on any atom is -0.297 e. The van der Waals surface area contributed by atoms with E-state index in [1.54, 1.807) is 22.7 Å². The number of benzene rings is 5. The molecule has 2 aliphatic carbocycles. The average Bonchev–Trinajstić information content (AvgIpc) is 1.49. The molecule has 0 atom stereocenters. The van der Waals surface area contributed by atoms with Crippen LogP contribution >= 0.6 is 45.3 Å². The van der Waals surface area contributed by atoms with Crippen LogP contribution in [0.5, 0.6) is 0 Å². The fourth-order valence-electron chi connectivity index (χ4n) is 17.4. The lowest BCUT2D eigenvalue weighted by molar-refractivity contribution is 0.111. The molecule has 2 nitrogen and oxygen atoms in total. The first-order valence-corrected chi connectivity index (χ1v) is 44.3. The van der Waals surface area contributed by atoms with Crippen molar-refractivity contribution in [3.05, 3.63) is 198 Å². The monoisotopic (exact) mass is 1410 g/mol. The molecule has 11 rings (SSSR count). The van der Waals surface area contributed by atoms with E-state index in [0.717, 1.165) is 48.0 Å². The van der Waals surface area contributed by atoms with E-state index in [-0.39, 0.29) is 0 Å². The van der Waals surface area contributed by atoms with Gasteiger partial charge in [0.05, 0.1) is 28.6 Å². The minimum absolute atomic E-state index is 0.665. The van der Waals surface area contributed by atoms with Crippen molar-refractivity contribution in [1.29, 1.82) is 0 Å². The zero-order valence-electron chi connectivity index (χ0n) is 62.3. The first kappa shape index (κ1) is 75.9. The highest BCUT2D eigenvalue weighted by atomic mass is 32.2. The lowest BCUT2D eigenvalue weighted by Crippen LogP contribution is -2.30. The van der Waals surface area contributed by atoms with Crippen molar-refractivity contribution < 1.29 is 9.59 Å². The Morgan fingerprint density at radius 1 is 0.270 bits per heavy atom. The maximum Gasteiger partial charge on any atom is 0.160 e. The van der Waals surface area contributed by atoms with Crippen LogP contribution in [0.25, 0.3) is 39.7 Å². The van der Waals surface area contributed by atoms with Crippen LogP contribution in [0.4, 0.5) is 0 Å². The van der Waals surface area contributed by atoms with Crippen LogP contribution in [0.1, 0.15) is 371 Å². The molecule has 0 amide bonds. The van der Waals surface area contributed by atoms with Crippen molar-refractivity contribution in [3.63, 3.8) is 0 Å². The number of carbonyl (C=O) groups excluding carboxylic acids is 2. The van der Waals surface area contributed by atoms with E-state index in [1.165, 1.54) is 363 Å². The maximum absolute atomic E-state index is 13.0. The molecule has 4 aromatic heterocycles. The molecule has 5 aromatic carbocycles. The summed E-state index contributed by atoms with van der Waals surface area (Å²) in [6.07, 6.45) is 60.1. The number of carbonyl (C=O) groups is 2. The standard InChI is InChI=1S/C94H122O2S4/c1-5-9-13-17-21-25-29-33-37-41-45-71-49-57-75(58-50-71)93(76-59-51-72(52-60-76)46-42-38-34-30-26-22-18-14-10-6-2)85-67-82-86(68-81(85)89-87(93)83-65-79(69-95)97-91(83)99-89)94(88-84-66-80(70-96)98-92(84)100-90(82)88,77-61-53-73(54-62-77)47-43-39-35-31-27-23-19-15-11-7-3)78-63-55-74(56-64-78)48-44-40-36-32-28-24-20-16-12-8-4/h49-70H,5-48H2,1-4H3. The number of thiophene rings is 4. The van der Waals surface area contributed by atoms with Gasteiger partial charge in [0.25, 0.3) is 0 Å². The van der Waals surface area contributed by atoms with E-state index in [0.29, 0.717) is 0 Å². The summed E-state index contributed by atoms with van der Waals surface area (Å²) in [6, 6.07) is 49.5. The molecule has 0 spiro atoms. The Kier molecular flexibility index (Phi) is 30.0. The van der Waals surface area contributed by atoms with Crippen molar-refractivity contribution in [1.82, 2.24) is 0 Å². The number of hydrogen-bond acceptors (Lipinski definition) is 6. The van der Waals surface area contributed by atoms with Crippen molar-refractivity contribution in [2.75, 3.05) is 0 Å². The lowest BCUT2D eigenvalue weighted by atomic mass is 9.65. The van der Waals surface area contributed by atoms with Gasteiger partial charge in [0.15, 0.2) is 12.6 Å². The van der Waals surface area contributed by atoms with Gasteiger partial charge < -0.3 is 0 Å². The number of aldehydes is 2. The Morgan fingerprint density at radius 2 is 0.490 bits per heavy atom. The third-order valence-electron chi connectivity index (χ3n) is 23.1. The number of rotatable bonds is 50. The first-order valence-electron chi connectivity index (χ1n) is 41.0. The van der Waals surface area contributed by atoms with E-state index in [4.69, 9.17) is 0 Å². The van der Waals surface area contributed by atoms with Crippen LogP contribution < -0.4 is 0 Å². The molecule has 100 heavy (non-hydrogen) atoms. The van der Waals surface area contributed by atoms with E-state index in [9.17, 15) is 9.59 Å². The SMILES string of the molecule is CCCCCCCCCCCCc1ccc(C2(c3ccc(CCCCCCCCCCCC)cc3)c3cc4c(cc3-c3sc5sc(C=O)cc5c32)C(c2ccc(CCCCCCCCCCCC)cc2)(c2ccc(CCCCCCCCCCCC)cc2)c2c-4sc3sc(C=O)cc23)cc1. The highest BCUT2D eigenvalue weighted by Crippen LogP contribution is 2.68. The van der Waals surface area contributed by atoms with E-state index < -0.39 is 10.8 Å². The van der Waals surface area contributed by atoms with Crippen molar-refractivity contribution in [2.45, 2.75) is 321 Å². The largest absolute Gasteiger partial charge is 0.297 e. The predicted octanol–water partition coefficient (Wildman–Crippen LogP) is 30.4. The molecule has 0 N–H and O–H groups in total. The lowest BCUT2D eigenvalue weighted by Gasteiger charge is -2.36. The zero-order valence-corrected chi connectivity index (χ0v) is 65.5. The molecule has 0 aliphatic heterocycles. The molecule has 9 aromatic rings. The summed E-state index contributed by atoms with van der Waals surface area (Å²) in [6.45, 7) is 9.24. The summed E-state index contributed by atoms with van der Waals surface area (Å²) in [5.41, 5.74) is 17.5. The zero-order chi connectivity index (χ0) is 69.2. The molecular weight excluding hydrogens is 1290 g/mol. The van der Waals surface area contributed by atoms with E-state index >= 15 is 0 Å². The molecule has 534 valence electrons. The van der Waals surface area contributed by atoms with Crippen molar-refractivity contribution in [2.24, 2.45) is 0 Å². The second-order valence-corrected chi connectivity index (χ2v) is 35.2. The summed E-state index contributed by atoms with van der Waals surface area (Å²) in [4.78, 5) is 30.2.